The van der Waals surface area contributed by atoms with Crippen LogP contribution in [0.5, 0.6) is 0 Å². The molecule has 0 atom stereocenters. The minimum atomic E-state index is -0.314. The first-order valence-corrected chi connectivity index (χ1v) is 7.86. The first kappa shape index (κ1) is 16.2. The third-order valence-corrected chi connectivity index (χ3v) is 3.85. The second kappa shape index (κ2) is 8.29. The van der Waals surface area contributed by atoms with Gasteiger partial charge in [0.05, 0.1) is 11.3 Å². The van der Waals surface area contributed by atoms with Gasteiger partial charge in [0.15, 0.2) is 0 Å². The molecular formula is C16H17FN2O2S. The summed E-state index contributed by atoms with van der Waals surface area (Å²) in [6.07, 6.45) is 0.883. The molecule has 0 radical (unpaired) electrons. The predicted molar refractivity (Wildman–Crippen MR) is 84.4 cm³/mol. The van der Waals surface area contributed by atoms with Gasteiger partial charge in [0.2, 0.25) is 5.91 Å². The summed E-state index contributed by atoms with van der Waals surface area (Å²) in [5.41, 5.74) is 0.768. The molecule has 6 heteroatoms. The van der Waals surface area contributed by atoms with Gasteiger partial charge in [-0.25, -0.2) is 4.39 Å². The van der Waals surface area contributed by atoms with Gasteiger partial charge < -0.3 is 10.6 Å². The minimum absolute atomic E-state index is 0.0901. The lowest BCUT2D eigenvalue weighted by Gasteiger charge is -2.06. The highest BCUT2D eigenvalue weighted by Gasteiger charge is 2.05. The van der Waals surface area contributed by atoms with Gasteiger partial charge in [0, 0.05) is 13.1 Å². The summed E-state index contributed by atoms with van der Waals surface area (Å²) in [4.78, 5) is 24.0. The molecule has 1 heterocycles. The summed E-state index contributed by atoms with van der Waals surface area (Å²) in [7, 11) is 0. The van der Waals surface area contributed by atoms with Gasteiger partial charge in [0.1, 0.15) is 5.82 Å². The molecule has 2 aromatic rings. The smallest absolute Gasteiger partial charge is 0.261 e. The normalized spacial score (nSPS) is 10.2. The van der Waals surface area contributed by atoms with Crippen molar-refractivity contribution in [1.82, 2.24) is 10.6 Å². The zero-order valence-electron chi connectivity index (χ0n) is 12.0. The van der Waals surface area contributed by atoms with Crippen LogP contribution < -0.4 is 10.6 Å². The van der Waals surface area contributed by atoms with E-state index in [1.807, 2.05) is 11.4 Å². The maximum Gasteiger partial charge on any atom is 0.261 e. The van der Waals surface area contributed by atoms with E-state index in [2.05, 4.69) is 10.6 Å². The Hall–Kier alpha value is -2.21. The van der Waals surface area contributed by atoms with Crippen LogP contribution >= 0.6 is 11.3 Å². The van der Waals surface area contributed by atoms with Crippen LogP contribution in [-0.2, 0) is 11.2 Å². The molecule has 0 aliphatic carbocycles. The van der Waals surface area contributed by atoms with Crippen LogP contribution in [0.25, 0.3) is 0 Å². The molecule has 2 rings (SSSR count). The van der Waals surface area contributed by atoms with E-state index in [9.17, 15) is 14.0 Å². The van der Waals surface area contributed by atoms with Gasteiger partial charge in [-0.15, -0.1) is 11.3 Å². The summed E-state index contributed by atoms with van der Waals surface area (Å²) >= 11 is 1.39. The van der Waals surface area contributed by atoms with Crippen LogP contribution in [0.15, 0.2) is 41.8 Å². The Bertz CT molecular complexity index is 612. The fraction of sp³-hybridized carbons (Fsp3) is 0.250. The van der Waals surface area contributed by atoms with E-state index >= 15 is 0 Å². The van der Waals surface area contributed by atoms with Crippen LogP contribution in [0, 0.1) is 5.82 Å². The van der Waals surface area contributed by atoms with E-state index in [1.165, 1.54) is 23.5 Å². The van der Waals surface area contributed by atoms with Crippen molar-refractivity contribution < 1.29 is 14.0 Å². The Morgan fingerprint density at radius 1 is 1.05 bits per heavy atom. The van der Waals surface area contributed by atoms with Gasteiger partial charge in [-0.1, -0.05) is 18.2 Å². The SMILES string of the molecule is O=C(Cc1ccc(F)cc1)NCCCNC(=O)c1cccs1. The number of thiophene rings is 1. The molecule has 0 saturated heterocycles. The van der Waals surface area contributed by atoms with E-state index in [0.717, 1.165) is 5.56 Å². The quantitative estimate of drug-likeness (QED) is 0.770. The van der Waals surface area contributed by atoms with Crippen molar-refractivity contribution in [1.29, 1.82) is 0 Å². The Kier molecular flexibility index (Phi) is 6.09. The molecule has 0 spiro atoms. The molecule has 0 aliphatic heterocycles. The number of hydrogen-bond acceptors (Lipinski definition) is 3. The van der Waals surface area contributed by atoms with Crippen LogP contribution in [0.2, 0.25) is 0 Å². The van der Waals surface area contributed by atoms with Crippen molar-refractivity contribution in [2.45, 2.75) is 12.8 Å². The van der Waals surface area contributed by atoms with Gasteiger partial charge in [-0.2, -0.15) is 0 Å². The molecule has 0 saturated carbocycles. The number of amides is 2. The molecule has 116 valence electrons. The highest BCUT2D eigenvalue weighted by atomic mass is 32.1. The van der Waals surface area contributed by atoms with Crippen LogP contribution in [-0.4, -0.2) is 24.9 Å². The number of benzene rings is 1. The van der Waals surface area contributed by atoms with Crippen molar-refractivity contribution in [3.63, 3.8) is 0 Å². The van der Waals surface area contributed by atoms with Gasteiger partial charge in [-0.05, 0) is 35.6 Å². The number of carbonyl (C=O) groups is 2. The maximum atomic E-state index is 12.7. The number of hydrogen-bond donors (Lipinski definition) is 2. The second-order valence-electron chi connectivity index (χ2n) is 4.74. The predicted octanol–water partition coefficient (Wildman–Crippen LogP) is 2.37. The van der Waals surface area contributed by atoms with Crippen molar-refractivity contribution >= 4 is 23.2 Å². The van der Waals surface area contributed by atoms with Crippen LogP contribution in [0.1, 0.15) is 21.7 Å². The fourth-order valence-corrected chi connectivity index (χ4v) is 2.50. The fourth-order valence-electron chi connectivity index (χ4n) is 1.86. The summed E-state index contributed by atoms with van der Waals surface area (Å²) in [5, 5.41) is 7.42. The monoisotopic (exact) mass is 320 g/mol. The number of nitrogens with one attached hydrogen (secondary N) is 2. The molecule has 0 bridgehead atoms. The van der Waals surface area contributed by atoms with Crippen molar-refractivity contribution in [3.05, 3.63) is 58.0 Å². The molecule has 1 aromatic heterocycles. The zero-order valence-corrected chi connectivity index (χ0v) is 12.8. The molecule has 0 unspecified atom stereocenters. The lowest BCUT2D eigenvalue weighted by molar-refractivity contribution is -0.120. The van der Waals surface area contributed by atoms with E-state index in [4.69, 9.17) is 0 Å². The third kappa shape index (κ3) is 5.29. The molecule has 4 nitrogen and oxygen atoms in total. The summed E-state index contributed by atoms with van der Waals surface area (Å²) in [5.74, 6) is -0.519. The Labute approximate surface area is 132 Å². The summed E-state index contributed by atoms with van der Waals surface area (Å²) < 4.78 is 12.7. The van der Waals surface area contributed by atoms with Gasteiger partial charge in [-0.3, -0.25) is 9.59 Å². The van der Waals surface area contributed by atoms with Gasteiger partial charge in [0.25, 0.3) is 5.91 Å². The maximum absolute atomic E-state index is 12.7. The van der Waals surface area contributed by atoms with Gasteiger partial charge >= 0.3 is 0 Å². The molecule has 2 amide bonds. The van der Waals surface area contributed by atoms with E-state index in [-0.39, 0.29) is 24.1 Å². The molecular weight excluding hydrogens is 303 g/mol. The summed E-state index contributed by atoms with van der Waals surface area (Å²) in [6, 6.07) is 9.46. The number of carbonyl (C=O) groups excluding carboxylic acids is 2. The standard InChI is InChI=1S/C16H17FN2O2S/c17-13-6-4-12(5-7-13)11-15(20)18-8-2-9-19-16(21)14-3-1-10-22-14/h1,3-7,10H,2,8-9,11H2,(H,18,20)(H,19,21). The molecule has 0 fully saturated rings. The van der Waals surface area contributed by atoms with E-state index in [0.29, 0.717) is 24.4 Å². The first-order valence-electron chi connectivity index (χ1n) is 6.98. The lowest BCUT2D eigenvalue weighted by Crippen LogP contribution is -2.30. The van der Waals surface area contributed by atoms with Crippen LogP contribution in [0.4, 0.5) is 4.39 Å². The average molecular weight is 320 g/mol. The van der Waals surface area contributed by atoms with Crippen molar-refractivity contribution in [3.8, 4) is 0 Å². The average Bonchev–Trinajstić information content (AvgIpc) is 3.03. The highest BCUT2D eigenvalue weighted by molar-refractivity contribution is 7.12. The Balaban J connectivity index is 1.59. The van der Waals surface area contributed by atoms with Crippen molar-refractivity contribution in [2.24, 2.45) is 0 Å². The van der Waals surface area contributed by atoms with E-state index < -0.39 is 0 Å². The third-order valence-electron chi connectivity index (χ3n) is 2.98. The van der Waals surface area contributed by atoms with Crippen molar-refractivity contribution in [2.75, 3.05) is 13.1 Å². The highest BCUT2D eigenvalue weighted by Crippen LogP contribution is 2.07. The van der Waals surface area contributed by atoms with E-state index in [1.54, 1.807) is 18.2 Å². The largest absolute Gasteiger partial charge is 0.356 e. The zero-order chi connectivity index (χ0) is 15.8. The number of rotatable bonds is 7. The minimum Gasteiger partial charge on any atom is -0.356 e. The second-order valence-corrected chi connectivity index (χ2v) is 5.69. The molecule has 2 N–H and O–H groups in total. The molecule has 22 heavy (non-hydrogen) atoms. The lowest BCUT2D eigenvalue weighted by atomic mass is 10.1. The topological polar surface area (TPSA) is 58.2 Å². The Morgan fingerprint density at radius 3 is 2.45 bits per heavy atom. The molecule has 0 aliphatic rings. The molecule has 1 aromatic carbocycles. The number of halogens is 1. The first-order chi connectivity index (χ1) is 10.6. The van der Waals surface area contributed by atoms with Crippen LogP contribution in [0.3, 0.4) is 0 Å². The summed E-state index contributed by atoms with van der Waals surface area (Å²) in [6.45, 7) is 0.998. The Morgan fingerprint density at radius 2 is 1.77 bits per heavy atom.